The van der Waals surface area contributed by atoms with E-state index in [4.69, 9.17) is 4.74 Å². The van der Waals surface area contributed by atoms with Gasteiger partial charge in [-0.1, -0.05) is 37.3 Å². The Kier molecular flexibility index (Phi) is 6.70. The molecule has 2 rings (SSSR count). The van der Waals surface area contributed by atoms with Crippen LogP contribution in [0.25, 0.3) is 0 Å². The first kappa shape index (κ1) is 16.0. The third kappa shape index (κ3) is 5.86. The summed E-state index contributed by atoms with van der Waals surface area (Å²) in [6.07, 6.45) is 3.47. The molecule has 0 saturated carbocycles. The second kappa shape index (κ2) is 8.80. The number of hydrogen-bond donors (Lipinski definition) is 1. The van der Waals surface area contributed by atoms with Crippen LogP contribution in [0.3, 0.4) is 0 Å². The molecule has 0 radical (unpaired) electrons. The highest BCUT2D eigenvalue weighted by atomic mass is 16.5. The van der Waals surface area contributed by atoms with Crippen LogP contribution in [0.1, 0.15) is 31.7 Å². The van der Waals surface area contributed by atoms with Crippen molar-refractivity contribution in [3.8, 4) is 0 Å². The van der Waals surface area contributed by atoms with E-state index in [-0.39, 0.29) is 12.0 Å². The molecule has 1 saturated heterocycles. The van der Waals surface area contributed by atoms with Crippen molar-refractivity contribution >= 4 is 5.91 Å². The number of nitrogens with one attached hydrogen (secondary N) is 1. The quantitative estimate of drug-likeness (QED) is 0.798. The Balaban J connectivity index is 1.90. The van der Waals surface area contributed by atoms with Crippen LogP contribution in [-0.2, 0) is 16.1 Å². The summed E-state index contributed by atoms with van der Waals surface area (Å²) in [6, 6.07) is 10.3. The van der Waals surface area contributed by atoms with Crippen molar-refractivity contribution < 1.29 is 9.53 Å². The smallest absolute Gasteiger partial charge is 0.234 e. The molecule has 1 aromatic rings. The number of rotatable bonds is 8. The Morgan fingerprint density at radius 1 is 1.38 bits per heavy atom. The van der Waals surface area contributed by atoms with Crippen LogP contribution in [0.5, 0.6) is 0 Å². The van der Waals surface area contributed by atoms with Crippen molar-refractivity contribution in [3.63, 3.8) is 0 Å². The highest BCUT2D eigenvalue weighted by Crippen LogP contribution is 2.15. The topological polar surface area (TPSA) is 41.6 Å². The predicted octanol–water partition coefficient (Wildman–Crippen LogP) is 2.19. The van der Waals surface area contributed by atoms with Gasteiger partial charge in [0.15, 0.2) is 0 Å². The van der Waals surface area contributed by atoms with Crippen molar-refractivity contribution in [1.29, 1.82) is 0 Å². The second-order valence-corrected chi connectivity index (χ2v) is 5.64. The fourth-order valence-corrected chi connectivity index (χ4v) is 2.63. The van der Waals surface area contributed by atoms with E-state index in [0.29, 0.717) is 6.54 Å². The van der Waals surface area contributed by atoms with Crippen LogP contribution in [0.2, 0.25) is 0 Å². The molecule has 0 aliphatic carbocycles. The normalized spacial score (nSPS) is 18.1. The van der Waals surface area contributed by atoms with Crippen molar-refractivity contribution in [3.05, 3.63) is 35.9 Å². The summed E-state index contributed by atoms with van der Waals surface area (Å²) < 4.78 is 5.71. The zero-order valence-electron chi connectivity index (χ0n) is 12.9. The lowest BCUT2D eigenvalue weighted by Gasteiger charge is -2.24. The van der Waals surface area contributed by atoms with Gasteiger partial charge in [0.25, 0.3) is 0 Å². The number of carbonyl (C=O) groups is 1. The van der Waals surface area contributed by atoms with E-state index < -0.39 is 0 Å². The molecule has 116 valence electrons. The largest absolute Gasteiger partial charge is 0.377 e. The first-order valence-corrected chi connectivity index (χ1v) is 7.92. The number of nitrogens with zero attached hydrogens (tertiary/aromatic N) is 1. The van der Waals surface area contributed by atoms with Crippen molar-refractivity contribution in [2.75, 3.05) is 26.2 Å². The monoisotopic (exact) mass is 290 g/mol. The molecule has 21 heavy (non-hydrogen) atoms. The summed E-state index contributed by atoms with van der Waals surface area (Å²) in [6.45, 7) is 5.72. The van der Waals surface area contributed by atoms with E-state index >= 15 is 0 Å². The lowest BCUT2D eigenvalue weighted by molar-refractivity contribution is -0.122. The Hall–Kier alpha value is -1.39. The summed E-state index contributed by atoms with van der Waals surface area (Å²) in [4.78, 5) is 14.2. The van der Waals surface area contributed by atoms with Gasteiger partial charge in [-0.3, -0.25) is 9.69 Å². The number of carbonyl (C=O) groups excluding carboxylic acids is 1. The molecule has 1 atom stereocenters. The lowest BCUT2D eigenvalue weighted by Crippen LogP contribution is -2.40. The average Bonchev–Trinajstić information content (AvgIpc) is 2.99. The highest BCUT2D eigenvalue weighted by molar-refractivity contribution is 5.77. The van der Waals surface area contributed by atoms with Crippen LogP contribution < -0.4 is 5.32 Å². The maximum atomic E-state index is 12.0. The Morgan fingerprint density at radius 3 is 2.86 bits per heavy atom. The van der Waals surface area contributed by atoms with Gasteiger partial charge in [0.05, 0.1) is 12.6 Å². The van der Waals surface area contributed by atoms with E-state index in [1.54, 1.807) is 0 Å². The summed E-state index contributed by atoms with van der Waals surface area (Å²) >= 11 is 0. The maximum absolute atomic E-state index is 12.0. The molecule has 1 unspecified atom stereocenters. The van der Waals surface area contributed by atoms with Gasteiger partial charge in [-0.25, -0.2) is 0 Å². The number of hydrogen-bond acceptors (Lipinski definition) is 3. The minimum absolute atomic E-state index is 0.103. The summed E-state index contributed by atoms with van der Waals surface area (Å²) in [5, 5.41) is 2.95. The van der Waals surface area contributed by atoms with Crippen LogP contribution >= 0.6 is 0 Å². The molecular weight excluding hydrogens is 264 g/mol. The SMILES string of the molecule is CCCNC(=O)CN(Cc1ccccc1)CC1CCCO1. The van der Waals surface area contributed by atoms with Gasteiger partial charge in [0.1, 0.15) is 0 Å². The molecule has 1 amide bonds. The maximum Gasteiger partial charge on any atom is 0.234 e. The van der Waals surface area contributed by atoms with Crippen LogP contribution in [0, 0.1) is 0 Å². The van der Waals surface area contributed by atoms with Gasteiger partial charge in [-0.15, -0.1) is 0 Å². The summed E-state index contributed by atoms with van der Waals surface area (Å²) in [5.74, 6) is 0.103. The Morgan fingerprint density at radius 2 is 2.19 bits per heavy atom. The average molecular weight is 290 g/mol. The summed E-state index contributed by atoms with van der Waals surface area (Å²) in [7, 11) is 0. The molecule has 1 aromatic carbocycles. The number of benzene rings is 1. The molecule has 1 aliphatic heterocycles. The molecule has 0 spiro atoms. The zero-order valence-corrected chi connectivity index (χ0v) is 12.9. The van der Waals surface area contributed by atoms with Gasteiger partial charge < -0.3 is 10.1 Å². The van der Waals surface area contributed by atoms with Crippen LogP contribution in [0.15, 0.2) is 30.3 Å². The highest BCUT2D eigenvalue weighted by Gasteiger charge is 2.20. The van der Waals surface area contributed by atoms with Crippen LogP contribution in [-0.4, -0.2) is 43.2 Å². The molecule has 4 nitrogen and oxygen atoms in total. The Bertz CT molecular complexity index is 416. The molecular formula is C17H26N2O2. The second-order valence-electron chi connectivity index (χ2n) is 5.64. The van der Waals surface area contributed by atoms with E-state index in [2.05, 4.69) is 29.3 Å². The standard InChI is InChI=1S/C17H26N2O2/c1-2-10-18-17(20)14-19(13-16-9-6-11-21-16)12-15-7-4-3-5-8-15/h3-5,7-8,16H,2,6,9-14H2,1H3,(H,18,20). The predicted molar refractivity (Wildman–Crippen MR) is 84.0 cm³/mol. The molecule has 1 heterocycles. The zero-order chi connectivity index (χ0) is 14.9. The molecule has 1 fully saturated rings. The minimum atomic E-state index is 0.103. The summed E-state index contributed by atoms with van der Waals surface area (Å²) in [5.41, 5.74) is 1.23. The molecule has 1 N–H and O–H groups in total. The van der Waals surface area contributed by atoms with E-state index in [1.807, 2.05) is 18.2 Å². The fraction of sp³-hybridized carbons (Fsp3) is 0.588. The van der Waals surface area contributed by atoms with Crippen molar-refractivity contribution in [1.82, 2.24) is 10.2 Å². The molecule has 0 bridgehead atoms. The van der Waals surface area contributed by atoms with Crippen molar-refractivity contribution in [2.24, 2.45) is 0 Å². The molecule has 0 aromatic heterocycles. The first-order chi connectivity index (χ1) is 10.3. The minimum Gasteiger partial charge on any atom is -0.377 e. The lowest BCUT2D eigenvalue weighted by atomic mass is 10.2. The third-order valence-electron chi connectivity index (χ3n) is 3.67. The van der Waals surface area contributed by atoms with E-state index in [0.717, 1.165) is 45.5 Å². The Labute approximate surface area is 127 Å². The van der Waals surface area contributed by atoms with E-state index in [9.17, 15) is 4.79 Å². The fourth-order valence-electron chi connectivity index (χ4n) is 2.63. The van der Waals surface area contributed by atoms with Crippen molar-refractivity contribution in [2.45, 2.75) is 38.8 Å². The third-order valence-corrected chi connectivity index (χ3v) is 3.67. The van der Waals surface area contributed by atoms with Gasteiger partial charge in [-0.2, -0.15) is 0 Å². The van der Waals surface area contributed by atoms with Crippen LogP contribution in [0.4, 0.5) is 0 Å². The van der Waals surface area contributed by atoms with Gasteiger partial charge >= 0.3 is 0 Å². The van der Waals surface area contributed by atoms with Gasteiger partial charge in [0, 0.05) is 26.2 Å². The van der Waals surface area contributed by atoms with Gasteiger partial charge in [0.2, 0.25) is 5.91 Å². The number of amides is 1. The number of ether oxygens (including phenoxy) is 1. The van der Waals surface area contributed by atoms with E-state index in [1.165, 1.54) is 5.56 Å². The molecule has 1 aliphatic rings. The van der Waals surface area contributed by atoms with Gasteiger partial charge in [-0.05, 0) is 24.8 Å². The molecule has 4 heteroatoms. The first-order valence-electron chi connectivity index (χ1n) is 7.92.